The van der Waals surface area contributed by atoms with Crippen LogP contribution >= 0.6 is 0 Å². The Morgan fingerprint density at radius 1 is 1.19 bits per heavy atom. The van der Waals surface area contributed by atoms with Crippen LogP contribution in [0.1, 0.15) is 51.1 Å². The number of rotatable bonds is 2. The van der Waals surface area contributed by atoms with Crippen LogP contribution in [0.15, 0.2) is 35.1 Å². The number of aromatic amines is 1. The fourth-order valence-electron chi connectivity index (χ4n) is 2.55. The van der Waals surface area contributed by atoms with Crippen molar-refractivity contribution in [1.29, 1.82) is 0 Å². The van der Waals surface area contributed by atoms with E-state index in [-0.39, 0.29) is 17.3 Å². The molecule has 0 aliphatic carbocycles. The molecular formula is C20H27F2NO3. The zero-order chi connectivity index (χ0) is 19.7. The van der Waals surface area contributed by atoms with Gasteiger partial charge in [-0.2, -0.15) is 4.39 Å². The maximum Gasteiger partial charge on any atom is 0.200 e. The van der Waals surface area contributed by atoms with E-state index in [0.717, 1.165) is 30.3 Å². The lowest BCUT2D eigenvalue weighted by atomic mass is 10.1. The second-order valence-corrected chi connectivity index (χ2v) is 5.72. The molecule has 0 spiro atoms. The molecule has 0 saturated carbocycles. The van der Waals surface area contributed by atoms with E-state index in [1.165, 1.54) is 19.2 Å². The molecule has 0 radical (unpaired) electrons. The van der Waals surface area contributed by atoms with Crippen molar-refractivity contribution in [3.05, 3.63) is 63.6 Å². The molecule has 2 unspecified atom stereocenters. The molecule has 1 aliphatic rings. The van der Waals surface area contributed by atoms with Crippen molar-refractivity contribution >= 4 is 0 Å². The van der Waals surface area contributed by atoms with Crippen LogP contribution < -0.4 is 10.2 Å². The maximum atomic E-state index is 12.5. The summed E-state index contributed by atoms with van der Waals surface area (Å²) in [4.78, 5) is 14.5. The van der Waals surface area contributed by atoms with E-state index in [9.17, 15) is 13.6 Å². The summed E-state index contributed by atoms with van der Waals surface area (Å²) in [5.41, 5.74) is 1.87. The number of halogens is 2. The highest BCUT2D eigenvalue weighted by atomic mass is 19.2. The Morgan fingerprint density at radius 3 is 2.38 bits per heavy atom. The molecule has 1 aliphatic heterocycles. The molecule has 1 fully saturated rings. The highest BCUT2D eigenvalue weighted by molar-refractivity contribution is 5.24. The number of aromatic nitrogens is 1. The number of hydrogen-bond donors (Lipinski definition) is 1. The van der Waals surface area contributed by atoms with Crippen LogP contribution in [0.25, 0.3) is 0 Å². The maximum absolute atomic E-state index is 12.5. The minimum Gasteiger partial charge on any atom is -0.494 e. The van der Waals surface area contributed by atoms with Gasteiger partial charge in [0, 0.05) is 23.5 Å². The molecule has 0 amide bonds. The Bertz CT molecular complexity index is 746. The zero-order valence-corrected chi connectivity index (χ0v) is 15.9. The van der Waals surface area contributed by atoms with Gasteiger partial charge in [-0.1, -0.05) is 19.9 Å². The number of H-pyrrole nitrogens is 1. The summed E-state index contributed by atoms with van der Waals surface area (Å²) in [6.45, 7) is 7.96. The summed E-state index contributed by atoms with van der Waals surface area (Å²) in [5.74, 6) is -1.90. The van der Waals surface area contributed by atoms with E-state index in [4.69, 9.17) is 4.74 Å². The van der Waals surface area contributed by atoms with Crippen LogP contribution in [0.5, 0.6) is 5.75 Å². The van der Waals surface area contributed by atoms with Gasteiger partial charge in [-0.05, 0) is 38.8 Å². The molecule has 1 aromatic heterocycles. The third-order valence-corrected chi connectivity index (χ3v) is 3.71. The van der Waals surface area contributed by atoms with Crippen LogP contribution in [-0.4, -0.2) is 18.2 Å². The Kier molecular flexibility index (Phi) is 8.99. The van der Waals surface area contributed by atoms with Crippen LogP contribution in [0.3, 0.4) is 0 Å². The van der Waals surface area contributed by atoms with Crippen molar-refractivity contribution in [3.63, 3.8) is 0 Å². The number of nitrogens with one attached hydrogen (secondary N) is 1. The van der Waals surface area contributed by atoms with Crippen LogP contribution in [-0.2, 0) is 4.74 Å². The van der Waals surface area contributed by atoms with E-state index < -0.39 is 11.6 Å². The fourth-order valence-corrected chi connectivity index (χ4v) is 2.55. The second kappa shape index (κ2) is 10.7. The van der Waals surface area contributed by atoms with Crippen LogP contribution in [0, 0.1) is 18.6 Å². The number of hydrogen-bond acceptors (Lipinski definition) is 3. The Labute approximate surface area is 153 Å². The van der Waals surface area contributed by atoms with Gasteiger partial charge in [0.15, 0.2) is 17.0 Å². The molecule has 1 saturated heterocycles. The molecule has 4 nitrogen and oxygen atoms in total. The molecule has 0 bridgehead atoms. The predicted octanol–water partition coefficient (Wildman–Crippen LogP) is 4.92. The number of methoxy groups -OCH3 is 1. The summed E-state index contributed by atoms with van der Waals surface area (Å²) in [6, 6.07) is 7.02. The Morgan fingerprint density at radius 2 is 1.88 bits per heavy atom. The first-order chi connectivity index (χ1) is 12.4. The van der Waals surface area contributed by atoms with Gasteiger partial charge in [-0.25, -0.2) is 4.39 Å². The van der Waals surface area contributed by atoms with Gasteiger partial charge in [0.25, 0.3) is 0 Å². The Balaban J connectivity index is 0.000000249. The number of benzene rings is 1. The summed E-state index contributed by atoms with van der Waals surface area (Å²) in [5, 5.41) is 0. The fraction of sp³-hybridized carbons (Fsp3) is 0.450. The molecule has 1 aromatic carbocycles. The highest BCUT2D eigenvalue weighted by Gasteiger charge is 2.24. The second-order valence-electron chi connectivity index (χ2n) is 5.72. The quantitative estimate of drug-likeness (QED) is 0.819. The van der Waals surface area contributed by atoms with Gasteiger partial charge < -0.3 is 14.5 Å². The summed E-state index contributed by atoms with van der Waals surface area (Å²) < 4.78 is 35.0. The Hall–Kier alpha value is -2.21. The number of aryl methyl sites for hydroxylation is 1. The van der Waals surface area contributed by atoms with Gasteiger partial charge in [-0.3, -0.25) is 4.79 Å². The average molecular weight is 367 g/mol. The van der Waals surface area contributed by atoms with Gasteiger partial charge in [0.2, 0.25) is 5.82 Å². The minimum absolute atomic E-state index is 0.0550. The molecule has 26 heavy (non-hydrogen) atoms. The number of ether oxygens (including phenoxy) is 2. The molecule has 6 heteroatoms. The first kappa shape index (κ1) is 21.8. The van der Waals surface area contributed by atoms with Gasteiger partial charge in [0.1, 0.15) is 0 Å². The minimum atomic E-state index is -0.940. The molecule has 2 atom stereocenters. The molecule has 1 N–H and O–H groups in total. The predicted molar refractivity (Wildman–Crippen MR) is 98.6 cm³/mol. The van der Waals surface area contributed by atoms with Crippen molar-refractivity contribution in [3.8, 4) is 5.75 Å². The normalized spacial score (nSPS) is 18.3. The van der Waals surface area contributed by atoms with Crippen molar-refractivity contribution in [2.24, 2.45) is 0 Å². The summed E-state index contributed by atoms with van der Waals surface area (Å²) in [6.07, 6.45) is 2.46. The summed E-state index contributed by atoms with van der Waals surface area (Å²) >= 11 is 0. The smallest absolute Gasteiger partial charge is 0.200 e. The first-order valence-corrected chi connectivity index (χ1v) is 8.75. The van der Waals surface area contributed by atoms with E-state index in [2.05, 4.69) is 16.6 Å². The van der Waals surface area contributed by atoms with E-state index >= 15 is 0 Å². The highest BCUT2D eigenvalue weighted by Crippen LogP contribution is 2.30. The van der Waals surface area contributed by atoms with Crippen molar-refractivity contribution in [1.82, 2.24) is 4.98 Å². The van der Waals surface area contributed by atoms with Gasteiger partial charge in [0.05, 0.1) is 19.3 Å². The van der Waals surface area contributed by atoms with E-state index in [1.54, 1.807) is 12.1 Å². The largest absolute Gasteiger partial charge is 0.494 e. The third-order valence-electron chi connectivity index (χ3n) is 3.71. The lowest BCUT2D eigenvalue weighted by Crippen LogP contribution is -2.09. The monoisotopic (exact) mass is 367 g/mol. The summed E-state index contributed by atoms with van der Waals surface area (Å²) in [7, 11) is 1.29. The van der Waals surface area contributed by atoms with Crippen molar-refractivity contribution < 1.29 is 18.3 Å². The van der Waals surface area contributed by atoms with Crippen LogP contribution in [0.2, 0.25) is 0 Å². The topological polar surface area (TPSA) is 51.3 Å². The zero-order valence-electron chi connectivity index (χ0n) is 15.9. The average Bonchev–Trinajstić information content (AvgIpc) is 3.05. The van der Waals surface area contributed by atoms with Gasteiger partial charge in [-0.15, -0.1) is 0 Å². The van der Waals surface area contributed by atoms with Crippen molar-refractivity contribution in [2.45, 2.75) is 52.7 Å². The lowest BCUT2D eigenvalue weighted by molar-refractivity contribution is 0.0529. The molecule has 2 heterocycles. The van der Waals surface area contributed by atoms with E-state index in [0.29, 0.717) is 6.10 Å². The first-order valence-electron chi connectivity index (χ1n) is 8.75. The van der Waals surface area contributed by atoms with Gasteiger partial charge >= 0.3 is 0 Å². The lowest BCUT2D eigenvalue weighted by Gasteiger charge is -2.11. The molecular weight excluding hydrogens is 340 g/mol. The van der Waals surface area contributed by atoms with Crippen LogP contribution in [0.4, 0.5) is 8.78 Å². The molecule has 144 valence electrons. The number of pyridine rings is 1. The standard InChI is InChI=1S/C11H15NO2.C7H6F2O.C2H6/c1-7-5-9(13)6-10(12-7)11-4-3-8(2)14-11;1-10-6-4-2-3-5(8)7(6)9;1-2/h5-6,8,11H,3-4H2,1-2H3,(H,12,13);2-4H,1H3;1-2H3. The molecule has 2 aromatic rings. The third kappa shape index (κ3) is 6.26. The van der Waals surface area contributed by atoms with Crippen molar-refractivity contribution in [2.75, 3.05) is 7.11 Å². The molecule has 3 rings (SSSR count). The SMILES string of the molecule is CC.COc1cccc(F)c1F.Cc1cc(=O)cc(C2CCC(C)O2)[nH]1. The van der Waals surface area contributed by atoms with E-state index in [1.807, 2.05) is 20.8 Å².